The first-order valence-electron chi connectivity index (χ1n) is 16.0. The van der Waals surface area contributed by atoms with Crippen LogP contribution in [0.3, 0.4) is 0 Å². The topological polar surface area (TPSA) is 203 Å². The number of aromatic nitrogens is 1. The first-order valence-corrected chi connectivity index (χ1v) is 20.2. The van der Waals surface area contributed by atoms with Crippen LogP contribution in [0.15, 0.2) is 66.8 Å². The smallest absolute Gasteiger partial charge is 0.321 e. The summed E-state index contributed by atoms with van der Waals surface area (Å²) in [6.07, 6.45) is 0.805. The predicted molar refractivity (Wildman–Crippen MR) is 186 cm³/mol. The Morgan fingerprint density at radius 1 is 1.10 bits per heavy atom. The number of hydrogen-bond donors (Lipinski definition) is 3. The number of nitrogens with zero attached hydrogens (tertiary/aromatic N) is 5. The minimum Gasteiger partial charge on any atom is -0.442 e. The van der Waals surface area contributed by atoms with Gasteiger partial charge in [0.2, 0.25) is 25.2 Å². The van der Waals surface area contributed by atoms with Crippen LogP contribution in [-0.2, 0) is 37.6 Å². The van der Waals surface area contributed by atoms with E-state index in [1.165, 1.54) is 21.9 Å². The lowest BCUT2D eigenvalue weighted by molar-refractivity contribution is -0.128. The zero-order valence-corrected chi connectivity index (χ0v) is 31.0. The number of thiazole rings is 1. The molecule has 50 heavy (non-hydrogen) atoms. The third-order valence-electron chi connectivity index (χ3n) is 7.99. The minimum atomic E-state index is -4.26. The van der Waals surface area contributed by atoms with Gasteiger partial charge in [-0.25, -0.2) is 26.6 Å². The predicted octanol–water partition coefficient (Wildman–Crippen LogP) is 2.65. The third-order valence-corrected chi connectivity index (χ3v) is 12.3. The van der Waals surface area contributed by atoms with E-state index >= 15 is 0 Å². The first-order chi connectivity index (χ1) is 23.5. The molecule has 1 aliphatic heterocycles. The Hall–Kier alpha value is -3.84. The second-order valence-corrected chi connectivity index (χ2v) is 17.9. The number of carbonyl (C=O) groups excluding carboxylic acids is 2. The molecule has 0 saturated carbocycles. The van der Waals surface area contributed by atoms with Crippen LogP contribution in [0.5, 0.6) is 0 Å². The zero-order chi connectivity index (χ0) is 36.8. The van der Waals surface area contributed by atoms with E-state index in [2.05, 4.69) is 15.5 Å². The number of hydrogen-bond acceptors (Lipinski definition) is 12. The van der Waals surface area contributed by atoms with Gasteiger partial charge in [-0.05, 0) is 36.0 Å². The van der Waals surface area contributed by atoms with Crippen LogP contribution >= 0.6 is 11.3 Å². The summed E-state index contributed by atoms with van der Waals surface area (Å²) < 4.78 is 57.6. The lowest BCUT2D eigenvalue weighted by Crippen LogP contribution is -2.57. The average molecular weight is 753 g/mol. The molecule has 3 amide bonds. The van der Waals surface area contributed by atoms with Crippen molar-refractivity contribution < 1.29 is 41.2 Å². The molecule has 1 aliphatic rings. The van der Waals surface area contributed by atoms with Crippen molar-refractivity contribution in [2.24, 2.45) is 17.0 Å². The van der Waals surface area contributed by atoms with Gasteiger partial charge in [0.15, 0.2) is 0 Å². The summed E-state index contributed by atoms with van der Waals surface area (Å²) in [5, 5.41) is 27.5. The number of sulfone groups is 1. The summed E-state index contributed by atoms with van der Waals surface area (Å²) in [5.41, 5.74) is 1.21. The second kappa shape index (κ2) is 16.5. The summed E-state index contributed by atoms with van der Waals surface area (Å²) in [6.45, 7) is 7.51. The van der Waals surface area contributed by atoms with Gasteiger partial charge in [0.05, 0.1) is 24.4 Å². The van der Waals surface area contributed by atoms with Crippen molar-refractivity contribution in [3.63, 3.8) is 0 Å². The number of nitrogens with one attached hydrogen (secondary N) is 1. The van der Waals surface area contributed by atoms with Crippen LogP contribution in [-0.4, -0.2) is 115 Å². The molecule has 15 nitrogen and oxygen atoms in total. The lowest BCUT2D eigenvalue weighted by Gasteiger charge is -2.34. The Morgan fingerprint density at radius 2 is 1.80 bits per heavy atom. The molecule has 0 unspecified atom stereocenters. The zero-order valence-electron chi connectivity index (χ0n) is 28.5. The molecule has 3 aromatic rings. The third kappa shape index (κ3) is 9.69. The summed E-state index contributed by atoms with van der Waals surface area (Å²) in [5.74, 6) is -0.965. The van der Waals surface area contributed by atoms with E-state index in [0.717, 1.165) is 33.7 Å². The maximum absolute atomic E-state index is 14.1. The molecule has 0 radical (unpaired) electrons. The molecular weight excluding hydrogens is 709 g/mol. The Kier molecular flexibility index (Phi) is 12.8. The van der Waals surface area contributed by atoms with Gasteiger partial charge in [-0.3, -0.25) is 4.79 Å². The van der Waals surface area contributed by atoms with E-state index in [4.69, 9.17) is 9.62 Å². The van der Waals surface area contributed by atoms with E-state index in [0.29, 0.717) is 5.69 Å². The number of aliphatic hydroxyl groups is 1. The highest BCUT2D eigenvalue weighted by Gasteiger charge is 2.41. The minimum absolute atomic E-state index is 0.0188. The number of sulfonamides is 1. The number of carbonyl (C=O) groups is 2. The van der Waals surface area contributed by atoms with Crippen molar-refractivity contribution >= 4 is 49.4 Å². The van der Waals surface area contributed by atoms with Gasteiger partial charge in [-0.15, -0.1) is 11.3 Å². The molecule has 0 spiro atoms. The second-order valence-electron chi connectivity index (χ2n) is 13.0. The van der Waals surface area contributed by atoms with Crippen LogP contribution in [0.1, 0.15) is 44.7 Å². The van der Waals surface area contributed by atoms with Gasteiger partial charge in [-0.2, -0.15) is 4.31 Å². The number of rotatable bonds is 17. The highest BCUT2D eigenvalue weighted by Crippen LogP contribution is 2.24. The monoisotopic (exact) mass is 752 g/mol. The molecule has 1 aromatic carbocycles. The first kappa shape index (κ1) is 39.0. The van der Waals surface area contributed by atoms with Gasteiger partial charge in [0, 0.05) is 37.8 Å². The van der Waals surface area contributed by atoms with Gasteiger partial charge in [0.1, 0.15) is 18.0 Å². The number of benzene rings is 1. The summed E-state index contributed by atoms with van der Waals surface area (Å²) in [6, 6.07) is 9.40. The van der Waals surface area contributed by atoms with Crippen molar-refractivity contribution in [3.05, 3.63) is 64.9 Å². The van der Waals surface area contributed by atoms with E-state index in [1.54, 1.807) is 19.2 Å². The normalized spacial score (nSPS) is 16.2. The van der Waals surface area contributed by atoms with Gasteiger partial charge in [0.25, 0.3) is 10.0 Å². The maximum atomic E-state index is 14.1. The Labute approximate surface area is 296 Å². The summed E-state index contributed by atoms with van der Waals surface area (Å²) in [4.78, 5) is 34.7. The van der Waals surface area contributed by atoms with Crippen molar-refractivity contribution in [1.29, 1.82) is 0 Å². The van der Waals surface area contributed by atoms with Gasteiger partial charge >= 0.3 is 6.03 Å². The number of urea groups is 1. The molecule has 274 valence electrons. The molecule has 3 N–H and O–H groups in total. The highest BCUT2D eigenvalue weighted by atomic mass is 32.2. The number of aliphatic hydroxyl groups excluding tert-OH is 1. The van der Waals surface area contributed by atoms with Crippen LogP contribution in [0.25, 0.3) is 0 Å². The average Bonchev–Trinajstić information content (AvgIpc) is 3.79. The molecule has 0 bridgehead atoms. The fraction of sp³-hybridized carbons (Fsp3) is 0.500. The molecule has 1 saturated heterocycles. The van der Waals surface area contributed by atoms with Crippen LogP contribution in [0, 0.1) is 11.8 Å². The molecule has 4 rings (SSSR count). The maximum Gasteiger partial charge on any atom is 0.321 e. The number of amides is 3. The fourth-order valence-corrected chi connectivity index (χ4v) is 8.90. The highest BCUT2D eigenvalue weighted by molar-refractivity contribution is 7.92. The van der Waals surface area contributed by atoms with E-state index in [-0.39, 0.29) is 61.1 Å². The van der Waals surface area contributed by atoms with Crippen LogP contribution in [0.4, 0.5) is 4.79 Å². The molecule has 3 atom stereocenters. The Bertz CT molecular complexity index is 1860. The molecule has 3 heterocycles. The van der Waals surface area contributed by atoms with Crippen LogP contribution in [0.2, 0.25) is 0 Å². The van der Waals surface area contributed by atoms with Crippen LogP contribution < -0.4 is 5.32 Å². The molecule has 0 aliphatic carbocycles. The van der Waals surface area contributed by atoms with Gasteiger partial charge in [-0.1, -0.05) is 63.2 Å². The van der Waals surface area contributed by atoms with Crippen molar-refractivity contribution in [2.45, 2.75) is 68.3 Å². The lowest BCUT2D eigenvalue weighted by atomic mass is 9.97. The van der Waals surface area contributed by atoms with Gasteiger partial charge < -0.3 is 29.8 Å². The SMILES string of the molecule is CC(C)CN(C[C@@H](O)[C@H](Cc1ccccc1)NC(=O)[C@H](C(C)C)N1CCN(Cc2csc(S(C)(=O)=O)n2)C1=O)S(=O)(=O)c1ccc(C=NO)o1. The van der Waals surface area contributed by atoms with Crippen molar-refractivity contribution in [3.8, 4) is 0 Å². The van der Waals surface area contributed by atoms with E-state index in [1.807, 2.05) is 44.2 Å². The van der Waals surface area contributed by atoms with E-state index in [9.17, 15) is 31.5 Å². The Morgan fingerprint density at radius 3 is 2.40 bits per heavy atom. The summed E-state index contributed by atoms with van der Waals surface area (Å²) in [7, 11) is -7.75. The number of furan rings is 1. The van der Waals surface area contributed by atoms with E-state index < -0.39 is 55.1 Å². The number of oxime groups is 1. The molecule has 2 aromatic heterocycles. The quantitative estimate of drug-likeness (QED) is 0.105. The largest absolute Gasteiger partial charge is 0.442 e. The molecule has 1 fully saturated rings. The molecule has 18 heteroatoms. The fourth-order valence-electron chi connectivity index (χ4n) is 5.70. The van der Waals surface area contributed by atoms with Crippen molar-refractivity contribution in [2.75, 3.05) is 32.4 Å². The Balaban J connectivity index is 1.56. The standard InChI is InChI=1S/C32H44N6O9S3/c1-21(2)17-37(50(45,46)28-12-11-25(47-28)16-33-42)19-27(39)26(15-23-9-7-6-8-10-23)35-30(40)29(22(3)4)38-14-13-36(32(38)41)18-24-20-48-31(34-24)49(5,43)44/h6-12,16,20-22,26-27,29,39,42H,13-15,17-19H2,1-5H3,(H,35,40)/t26-,27+,29-/m0/s1. The molecular formula is C32H44N6O9S3. The summed E-state index contributed by atoms with van der Waals surface area (Å²) >= 11 is 0.979. The van der Waals surface area contributed by atoms with Crippen molar-refractivity contribution in [1.82, 2.24) is 24.4 Å².